The lowest BCUT2D eigenvalue weighted by Crippen LogP contribution is -2.43. The number of rotatable bonds is 14. The van der Waals surface area contributed by atoms with Crippen LogP contribution in [-0.2, 0) is 35.0 Å². The Bertz CT molecular complexity index is 1020. The lowest BCUT2D eigenvalue weighted by Gasteiger charge is -2.21. The third-order valence-corrected chi connectivity index (χ3v) is 5.67. The first-order valence-electron chi connectivity index (χ1n) is 14.1. The van der Waals surface area contributed by atoms with Crippen molar-refractivity contribution < 1.29 is 42.9 Å². The Hall–Kier alpha value is -3.14. The number of ether oxygens (including phenoxy) is 5. The summed E-state index contributed by atoms with van der Waals surface area (Å²) in [6, 6.07) is 4.01. The van der Waals surface area contributed by atoms with E-state index in [1.54, 1.807) is 32.0 Å². The summed E-state index contributed by atoms with van der Waals surface area (Å²) < 4.78 is 26.6. The average Bonchev–Trinajstić information content (AvgIpc) is 2.80. The number of hydrogen-bond acceptors (Lipinski definition) is 10. The van der Waals surface area contributed by atoms with Crippen LogP contribution in [0.3, 0.4) is 0 Å². The minimum Gasteiger partial charge on any atom is -0.468 e. The molecule has 0 saturated heterocycles. The Morgan fingerprint density at radius 1 is 0.829 bits per heavy atom. The molecule has 10 nitrogen and oxygen atoms in total. The van der Waals surface area contributed by atoms with Gasteiger partial charge in [0.1, 0.15) is 18.2 Å². The summed E-state index contributed by atoms with van der Waals surface area (Å²) in [4.78, 5) is 49.8. The van der Waals surface area contributed by atoms with Gasteiger partial charge in [-0.05, 0) is 55.2 Å². The molecule has 0 saturated carbocycles. The monoisotopic (exact) mass is 579 g/mol. The van der Waals surface area contributed by atoms with Crippen molar-refractivity contribution in [3.8, 4) is 11.5 Å². The summed E-state index contributed by atoms with van der Waals surface area (Å²) in [6.07, 6.45) is 0.490. The minimum atomic E-state index is -0.798. The van der Waals surface area contributed by atoms with Crippen molar-refractivity contribution in [2.45, 2.75) is 113 Å². The lowest BCUT2D eigenvalue weighted by molar-refractivity contribution is -0.143. The first kappa shape index (κ1) is 35.9. The normalized spacial score (nSPS) is 13.9. The van der Waals surface area contributed by atoms with E-state index in [1.807, 2.05) is 48.5 Å². The maximum atomic E-state index is 12.7. The van der Waals surface area contributed by atoms with E-state index in [2.05, 4.69) is 5.32 Å². The number of benzene rings is 1. The highest BCUT2D eigenvalue weighted by atomic mass is 16.7. The zero-order valence-electron chi connectivity index (χ0n) is 26.4. The number of methoxy groups -OCH3 is 1. The quantitative estimate of drug-likeness (QED) is 0.214. The van der Waals surface area contributed by atoms with Crippen molar-refractivity contribution in [1.82, 2.24) is 5.32 Å². The van der Waals surface area contributed by atoms with Crippen LogP contribution in [0.1, 0.15) is 93.6 Å². The van der Waals surface area contributed by atoms with Gasteiger partial charge in [-0.15, -0.1) is 0 Å². The van der Waals surface area contributed by atoms with Crippen molar-refractivity contribution in [2.24, 2.45) is 10.8 Å². The van der Waals surface area contributed by atoms with Crippen molar-refractivity contribution in [3.05, 3.63) is 23.8 Å². The van der Waals surface area contributed by atoms with E-state index in [9.17, 15) is 19.2 Å². The molecule has 41 heavy (non-hydrogen) atoms. The maximum Gasteiger partial charge on any atom is 0.508 e. The molecule has 1 aromatic rings. The van der Waals surface area contributed by atoms with Crippen LogP contribution >= 0.6 is 0 Å². The van der Waals surface area contributed by atoms with Crippen molar-refractivity contribution in [2.75, 3.05) is 13.7 Å². The SMILES string of the molecule is CCCC(C)OC(=O)OC(C)CN[C@@H](Cc1ccc(OC(=O)CC(C)(C)C)c(OC(=O)CC(C)(C)C)c1)C(=O)OC. The van der Waals surface area contributed by atoms with Crippen molar-refractivity contribution in [3.63, 3.8) is 0 Å². The highest BCUT2D eigenvalue weighted by Crippen LogP contribution is 2.32. The smallest absolute Gasteiger partial charge is 0.468 e. The second-order valence-electron chi connectivity index (χ2n) is 12.8. The first-order valence-corrected chi connectivity index (χ1v) is 14.1. The van der Waals surface area contributed by atoms with Crippen LogP contribution < -0.4 is 14.8 Å². The Morgan fingerprint density at radius 2 is 1.37 bits per heavy atom. The van der Waals surface area contributed by atoms with Gasteiger partial charge in [-0.2, -0.15) is 0 Å². The molecule has 1 aromatic carbocycles. The topological polar surface area (TPSA) is 126 Å². The Morgan fingerprint density at radius 3 is 1.88 bits per heavy atom. The fraction of sp³-hybridized carbons (Fsp3) is 0.677. The van der Waals surface area contributed by atoms with Crippen LogP contribution in [0, 0.1) is 10.8 Å². The molecular formula is C31H49NO9. The lowest BCUT2D eigenvalue weighted by atomic mass is 9.92. The molecule has 1 N–H and O–H groups in total. The van der Waals surface area contributed by atoms with E-state index in [1.165, 1.54) is 7.11 Å². The highest BCUT2D eigenvalue weighted by Gasteiger charge is 2.25. The zero-order valence-corrected chi connectivity index (χ0v) is 26.4. The third kappa shape index (κ3) is 15.4. The van der Waals surface area contributed by atoms with Gasteiger partial charge >= 0.3 is 24.1 Å². The summed E-state index contributed by atoms with van der Waals surface area (Å²) >= 11 is 0. The van der Waals surface area contributed by atoms with Gasteiger partial charge in [-0.3, -0.25) is 14.4 Å². The molecule has 0 aromatic heterocycles. The van der Waals surface area contributed by atoms with Gasteiger partial charge in [0.05, 0.1) is 20.0 Å². The zero-order chi connectivity index (χ0) is 31.4. The van der Waals surface area contributed by atoms with Gasteiger partial charge in [0.25, 0.3) is 0 Å². The van der Waals surface area contributed by atoms with Gasteiger partial charge in [-0.1, -0.05) is 61.0 Å². The van der Waals surface area contributed by atoms with Gasteiger partial charge in [0.15, 0.2) is 11.5 Å². The minimum absolute atomic E-state index is 0.0864. The molecule has 0 amide bonds. The second-order valence-corrected chi connectivity index (χ2v) is 12.8. The largest absolute Gasteiger partial charge is 0.508 e. The number of nitrogens with one attached hydrogen (secondary N) is 1. The van der Waals surface area contributed by atoms with E-state index in [0.29, 0.717) is 5.56 Å². The molecule has 0 heterocycles. The molecule has 0 aliphatic heterocycles. The van der Waals surface area contributed by atoms with Crippen molar-refractivity contribution in [1.29, 1.82) is 0 Å². The fourth-order valence-corrected chi connectivity index (χ4v) is 3.82. The number of carbonyl (C=O) groups excluding carboxylic acids is 4. The highest BCUT2D eigenvalue weighted by molar-refractivity contribution is 5.78. The van der Waals surface area contributed by atoms with Crippen LogP contribution in [0.4, 0.5) is 4.79 Å². The van der Waals surface area contributed by atoms with Crippen LogP contribution in [0.25, 0.3) is 0 Å². The van der Waals surface area contributed by atoms with Crippen LogP contribution in [0.5, 0.6) is 11.5 Å². The van der Waals surface area contributed by atoms with Crippen LogP contribution in [0.15, 0.2) is 18.2 Å². The third-order valence-electron chi connectivity index (χ3n) is 5.67. The van der Waals surface area contributed by atoms with Gasteiger partial charge in [0, 0.05) is 6.54 Å². The fourth-order valence-electron chi connectivity index (χ4n) is 3.82. The molecule has 3 atom stereocenters. The predicted octanol–water partition coefficient (Wildman–Crippen LogP) is 5.77. The summed E-state index contributed by atoms with van der Waals surface area (Å²) in [5.41, 5.74) is 0.0327. The average molecular weight is 580 g/mol. The molecule has 10 heteroatoms. The molecule has 0 radical (unpaired) electrons. The maximum absolute atomic E-state index is 12.7. The summed E-state index contributed by atoms with van der Waals surface area (Å²) in [6.45, 7) is 17.1. The van der Waals surface area contributed by atoms with Crippen LogP contribution in [0.2, 0.25) is 0 Å². The van der Waals surface area contributed by atoms with Crippen molar-refractivity contribution >= 4 is 24.1 Å². The summed E-state index contributed by atoms with van der Waals surface area (Å²) in [7, 11) is 1.28. The van der Waals surface area contributed by atoms with E-state index < -0.39 is 36.2 Å². The molecule has 0 aliphatic carbocycles. The van der Waals surface area contributed by atoms with Gasteiger partial charge in [0.2, 0.25) is 0 Å². The number of esters is 3. The Kier molecular flexibility index (Phi) is 14.3. The summed E-state index contributed by atoms with van der Waals surface area (Å²) in [5.74, 6) is -1.25. The second kappa shape index (κ2) is 16.3. The molecule has 0 bridgehead atoms. The van der Waals surface area contributed by atoms with Gasteiger partial charge < -0.3 is 29.0 Å². The first-order chi connectivity index (χ1) is 18.9. The molecular weight excluding hydrogens is 530 g/mol. The van der Waals surface area contributed by atoms with Gasteiger partial charge in [-0.25, -0.2) is 4.79 Å². The number of hydrogen-bond donors (Lipinski definition) is 1. The molecule has 0 fully saturated rings. The molecule has 0 spiro atoms. The van der Waals surface area contributed by atoms with E-state index in [4.69, 9.17) is 23.7 Å². The predicted molar refractivity (Wildman–Crippen MR) is 155 cm³/mol. The van der Waals surface area contributed by atoms with Crippen LogP contribution in [-0.4, -0.2) is 56.0 Å². The number of carbonyl (C=O) groups is 4. The molecule has 0 aliphatic rings. The van der Waals surface area contributed by atoms with E-state index in [0.717, 1.165) is 12.8 Å². The molecule has 232 valence electrons. The Labute approximate surface area is 244 Å². The Balaban J connectivity index is 3.07. The summed E-state index contributed by atoms with van der Waals surface area (Å²) in [5, 5.41) is 3.07. The molecule has 2 unspecified atom stereocenters. The standard InChI is InChI=1S/C31H49NO9/c1-11-12-20(2)38-29(36)39-21(3)19-32-23(28(35)37-10)15-22-13-14-24(40-26(33)17-30(4,5)6)25(16-22)41-27(34)18-31(7,8)9/h13-14,16,20-21,23,32H,11-12,15,17-19H2,1-10H3/t20?,21?,23-/m0/s1. The molecule has 1 rings (SSSR count). The van der Waals surface area contributed by atoms with E-state index in [-0.39, 0.29) is 54.2 Å². The van der Waals surface area contributed by atoms with E-state index >= 15 is 0 Å².